The summed E-state index contributed by atoms with van der Waals surface area (Å²) in [7, 11) is 0. The normalized spacial score (nSPS) is 10.5. The average Bonchev–Trinajstić information content (AvgIpc) is 3.19. The van der Waals surface area contributed by atoms with Crippen molar-refractivity contribution in [2.24, 2.45) is 0 Å². The highest BCUT2D eigenvalue weighted by atomic mass is 79.9. The maximum atomic E-state index is 12.4. The number of nitriles is 1. The minimum absolute atomic E-state index is 0.158. The predicted octanol–water partition coefficient (Wildman–Crippen LogP) is 4.17. The van der Waals surface area contributed by atoms with Crippen LogP contribution in [0.1, 0.15) is 17.8 Å². The SMILES string of the molecule is Cc1cc(NC(=O)Cc2csc(-c3cccc(Br)c3)n2)n(CCC#N)n1. The molecule has 2 aromatic heterocycles. The number of anilines is 1. The smallest absolute Gasteiger partial charge is 0.231 e. The Hall–Kier alpha value is -2.50. The van der Waals surface area contributed by atoms with Crippen LogP contribution in [0.4, 0.5) is 5.82 Å². The van der Waals surface area contributed by atoms with Crippen LogP contribution in [0.5, 0.6) is 0 Å². The minimum Gasteiger partial charge on any atom is -0.311 e. The van der Waals surface area contributed by atoms with Crippen molar-refractivity contribution in [3.63, 3.8) is 0 Å². The molecule has 1 amide bonds. The molecular weight excluding hydrogens is 414 g/mol. The Morgan fingerprint density at radius 3 is 3.04 bits per heavy atom. The highest BCUT2D eigenvalue weighted by Crippen LogP contribution is 2.26. The van der Waals surface area contributed by atoms with Gasteiger partial charge in [-0.05, 0) is 19.1 Å². The van der Waals surface area contributed by atoms with E-state index in [2.05, 4.69) is 37.4 Å². The summed E-state index contributed by atoms with van der Waals surface area (Å²) in [6.07, 6.45) is 0.527. The number of thiazole rings is 1. The topological polar surface area (TPSA) is 83.6 Å². The molecule has 0 spiro atoms. The monoisotopic (exact) mass is 429 g/mol. The summed E-state index contributed by atoms with van der Waals surface area (Å²) in [4.78, 5) is 16.9. The third-order valence-corrected chi connectivity index (χ3v) is 5.00. The molecule has 3 rings (SSSR count). The van der Waals surface area contributed by atoms with Gasteiger partial charge in [0, 0.05) is 21.5 Å². The first-order valence-electron chi connectivity index (χ1n) is 7.97. The number of nitrogens with zero attached hydrogens (tertiary/aromatic N) is 4. The molecule has 0 saturated heterocycles. The summed E-state index contributed by atoms with van der Waals surface area (Å²) >= 11 is 4.97. The van der Waals surface area contributed by atoms with Gasteiger partial charge in [-0.2, -0.15) is 10.4 Å². The van der Waals surface area contributed by atoms with E-state index in [9.17, 15) is 4.79 Å². The molecule has 26 heavy (non-hydrogen) atoms. The summed E-state index contributed by atoms with van der Waals surface area (Å²) in [6, 6.07) is 11.8. The number of aryl methyl sites for hydroxylation is 2. The maximum Gasteiger partial charge on any atom is 0.231 e. The lowest BCUT2D eigenvalue weighted by molar-refractivity contribution is -0.115. The first kappa shape index (κ1) is 18.3. The summed E-state index contributed by atoms with van der Waals surface area (Å²) < 4.78 is 2.63. The van der Waals surface area contributed by atoms with Gasteiger partial charge in [-0.15, -0.1) is 11.3 Å². The van der Waals surface area contributed by atoms with E-state index in [-0.39, 0.29) is 12.3 Å². The molecule has 0 aliphatic heterocycles. The molecule has 0 saturated carbocycles. The van der Waals surface area contributed by atoms with E-state index >= 15 is 0 Å². The number of aromatic nitrogens is 3. The fraction of sp³-hybridized carbons (Fsp3) is 0.222. The van der Waals surface area contributed by atoms with E-state index in [1.807, 2.05) is 36.6 Å². The van der Waals surface area contributed by atoms with Crippen LogP contribution in [-0.2, 0) is 17.8 Å². The lowest BCUT2D eigenvalue weighted by Crippen LogP contribution is -2.17. The molecule has 1 N–H and O–H groups in total. The predicted molar refractivity (Wildman–Crippen MR) is 105 cm³/mol. The van der Waals surface area contributed by atoms with Crippen LogP contribution in [0.25, 0.3) is 10.6 Å². The number of amides is 1. The Labute approximate surface area is 163 Å². The van der Waals surface area contributed by atoms with E-state index in [1.165, 1.54) is 11.3 Å². The molecule has 1 aromatic carbocycles. The molecule has 2 heterocycles. The number of hydrogen-bond acceptors (Lipinski definition) is 5. The minimum atomic E-state index is -0.158. The second-order valence-corrected chi connectivity index (χ2v) is 7.46. The number of carbonyl (C=O) groups is 1. The maximum absolute atomic E-state index is 12.4. The van der Waals surface area contributed by atoms with Gasteiger partial charge in [-0.1, -0.05) is 28.1 Å². The van der Waals surface area contributed by atoms with Gasteiger partial charge >= 0.3 is 0 Å². The molecule has 0 unspecified atom stereocenters. The molecule has 0 bridgehead atoms. The van der Waals surface area contributed by atoms with Gasteiger partial charge in [0.25, 0.3) is 0 Å². The first-order chi connectivity index (χ1) is 12.5. The number of hydrogen-bond donors (Lipinski definition) is 1. The number of halogens is 1. The van der Waals surface area contributed by atoms with Gasteiger partial charge in [0.05, 0.1) is 36.8 Å². The molecular formula is C18H16BrN5OS. The number of nitrogens with one attached hydrogen (secondary N) is 1. The Morgan fingerprint density at radius 2 is 2.27 bits per heavy atom. The summed E-state index contributed by atoms with van der Waals surface area (Å²) in [5, 5.41) is 18.7. The molecule has 0 fully saturated rings. The molecule has 6 nitrogen and oxygen atoms in total. The Kier molecular flexibility index (Phi) is 5.81. The van der Waals surface area contributed by atoms with Gasteiger partial charge in [0.2, 0.25) is 5.91 Å². The molecule has 0 radical (unpaired) electrons. The summed E-state index contributed by atoms with van der Waals surface area (Å²) in [5.74, 6) is 0.444. The lowest BCUT2D eigenvalue weighted by Gasteiger charge is -2.06. The lowest BCUT2D eigenvalue weighted by atomic mass is 10.2. The van der Waals surface area contributed by atoms with Crippen molar-refractivity contribution in [1.29, 1.82) is 5.26 Å². The zero-order chi connectivity index (χ0) is 18.5. The van der Waals surface area contributed by atoms with Crippen molar-refractivity contribution in [2.45, 2.75) is 26.3 Å². The van der Waals surface area contributed by atoms with E-state index in [1.54, 1.807) is 10.7 Å². The first-order valence-corrected chi connectivity index (χ1v) is 9.64. The fourth-order valence-electron chi connectivity index (χ4n) is 2.47. The van der Waals surface area contributed by atoms with E-state index in [4.69, 9.17) is 5.26 Å². The standard InChI is InChI=1S/C18H16BrN5OS/c1-12-8-16(24(23-12)7-3-6-20)22-17(25)10-15-11-26-18(21-15)13-4-2-5-14(19)9-13/h2,4-5,8-9,11H,3,7,10H2,1H3,(H,22,25). The van der Waals surface area contributed by atoms with Crippen molar-refractivity contribution >= 4 is 39.0 Å². The van der Waals surface area contributed by atoms with Crippen LogP contribution in [0.15, 0.2) is 40.2 Å². The van der Waals surface area contributed by atoms with Crippen LogP contribution >= 0.6 is 27.3 Å². The Morgan fingerprint density at radius 1 is 1.42 bits per heavy atom. The highest BCUT2D eigenvalue weighted by Gasteiger charge is 2.12. The molecule has 0 aliphatic carbocycles. The largest absolute Gasteiger partial charge is 0.311 e. The van der Waals surface area contributed by atoms with Crippen molar-refractivity contribution in [1.82, 2.24) is 14.8 Å². The zero-order valence-corrected chi connectivity index (χ0v) is 16.5. The highest BCUT2D eigenvalue weighted by molar-refractivity contribution is 9.10. The summed E-state index contributed by atoms with van der Waals surface area (Å²) in [6.45, 7) is 2.30. The van der Waals surface area contributed by atoms with Crippen LogP contribution in [0.3, 0.4) is 0 Å². The number of carbonyl (C=O) groups excluding carboxylic acids is 1. The van der Waals surface area contributed by atoms with E-state index in [0.717, 1.165) is 26.4 Å². The van der Waals surface area contributed by atoms with Crippen LogP contribution in [0.2, 0.25) is 0 Å². The van der Waals surface area contributed by atoms with Gasteiger partial charge < -0.3 is 5.32 Å². The van der Waals surface area contributed by atoms with Crippen LogP contribution in [0, 0.1) is 18.3 Å². The zero-order valence-electron chi connectivity index (χ0n) is 14.1. The Balaban J connectivity index is 1.67. The van der Waals surface area contributed by atoms with Crippen molar-refractivity contribution < 1.29 is 4.79 Å². The molecule has 8 heteroatoms. The van der Waals surface area contributed by atoms with Crippen LogP contribution in [-0.4, -0.2) is 20.7 Å². The van der Waals surface area contributed by atoms with Crippen molar-refractivity contribution in [2.75, 3.05) is 5.32 Å². The third-order valence-electron chi connectivity index (χ3n) is 3.57. The van der Waals surface area contributed by atoms with Crippen molar-refractivity contribution in [3.05, 3.63) is 51.6 Å². The molecule has 132 valence electrons. The molecule has 0 aliphatic rings. The van der Waals surface area contributed by atoms with Crippen LogP contribution < -0.4 is 5.32 Å². The third kappa shape index (κ3) is 4.56. The van der Waals surface area contributed by atoms with E-state index < -0.39 is 0 Å². The Bertz CT molecular complexity index is 972. The average molecular weight is 430 g/mol. The molecule has 0 atom stereocenters. The van der Waals surface area contributed by atoms with Gasteiger partial charge in [-0.25, -0.2) is 9.67 Å². The second kappa shape index (κ2) is 8.25. The van der Waals surface area contributed by atoms with Gasteiger partial charge in [-0.3, -0.25) is 4.79 Å². The number of rotatable bonds is 6. The van der Waals surface area contributed by atoms with Gasteiger partial charge in [0.15, 0.2) is 0 Å². The molecule has 3 aromatic rings. The second-order valence-electron chi connectivity index (χ2n) is 5.68. The quantitative estimate of drug-likeness (QED) is 0.636. The van der Waals surface area contributed by atoms with Crippen molar-refractivity contribution in [3.8, 4) is 16.6 Å². The fourth-order valence-corrected chi connectivity index (χ4v) is 3.68. The summed E-state index contributed by atoms with van der Waals surface area (Å²) in [5.41, 5.74) is 2.53. The number of benzene rings is 1. The van der Waals surface area contributed by atoms with E-state index in [0.29, 0.717) is 18.8 Å². The van der Waals surface area contributed by atoms with Gasteiger partial charge in [0.1, 0.15) is 10.8 Å².